The second kappa shape index (κ2) is 8.17. The van der Waals surface area contributed by atoms with E-state index in [1.54, 1.807) is 24.3 Å². The molecule has 3 rings (SSSR count). The van der Waals surface area contributed by atoms with Crippen LogP contribution in [0.5, 0.6) is 0 Å². The zero-order valence-corrected chi connectivity index (χ0v) is 15.3. The van der Waals surface area contributed by atoms with Crippen LogP contribution in [0.1, 0.15) is 23.2 Å². The predicted octanol–water partition coefficient (Wildman–Crippen LogP) is 4.25. The molecule has 0 bridgehead atoms. The van der Waals surface area contributed by atoms with Gasteiger partial charge in [0, 0.05) is 5.56 Å². The Morgan fingerprint density at radius 3 is 2.45 bits per heavy atom. The highest BCUT2D eigenvalue weighted by molar-refractivity contribution is 5.97. The molecule has 3 aromatic rings. The minimum atomic E-state index is -1.72. The van der Waals surface area contributed by atoms with Crippen molar-refractivity contribution in [3.05, 3.63) is 71.4 Å². The second-order valence-corrected chi connectivity index (χ2v) is 6.05. The topological polar surface area (TPSA) is 81.4 Å². The van der Waals surface area contributed by atoms with Crippen molar-refractivity contribution >= 4 is 17.6 Å². The molecule has 0 aliphatic heterocycles. The largest absolute Gasteiger partial charge is 0.448 e. The lowest BCUT2D eigenvalue weighted by Gasteiger charge is -2.13. The van der Waals surface area contributed by atoms with Crippen molar-refractivity contribution in [2.45, 2.75) is 20.0 Å². The summed E-state index contributed by atoms with van der Waals surface area (Å²) in [5.41, 5.74) is -0.0578. The van der Waals surface area contributed by atoms with Crippen LogP contribution in [0.4, 0.5) is 18.9 Å². The van der Waals surface area contributed by atoms with Crippen LogP contribution in [0.3, 0.4) is 0 Å². The SMILES string of the molecule is Cc1oc(-c2ccccc2)nc1C(=O)OC(C)C(=O)Nc1ccc(F)c(F)c1F. The van der Waals surface area contributed by atoms with E-state index in [4.69, 9.17) is 9.15 Å². The van der Waals surface area contributed by atoms with Gasteiger partial charge >= 0.3 is 5.97 Å². The van der Waals surface area contributed by atoms with Crippen molar-refractivity contribution in [1.82, 2.24) is 4.98 Å². The van der Waals surface area contributed by atoms with E-state index in [2.05, 4.69) is 4.98 Å². The van der Waals surface area contributed by atoms with Gasteiger partial charge in [-0.05, 0) is 38.1 Å². The van der Waals surface area contributed by atoms with Gasteiger partial charge < -0.3 is 14.5 Å². The molecule has 6 nitrogen and oxygen atoms in total. The summed E-state index contributed by atoms with van der Waals surface area (Å²) >= 11 is 0. The first-order valence-corrected chi connectivity index (χ1v) is 8.46. The fourth-order valence-corrected chi connectivity index (χ4v) is 2.42. The fourth-order valence-electron chi connectivity index (χ4n) is 2.42. The third-order valence-electron chi connectivity index (χ3n) is 3.96. The Kier molecular flexibility index (Phi) is 5.67. The molecule has 1 unspecified atom stereocenters. The van der Waals surface area contributed by atoms with Gasteiger partial charge in [0.1, 0.15) is 5.76 Å². The van der Waals surface area contributed by atoms with Gasteiger partial charge in [-0.15, -0.1) is 0 Å². The molecule has 0 saturated carbocycles. The summed E-state index contributed by atoms with van der Waals surface area (Å²) < 4.78 is 50.4. The summed E-state index contributed by atoms with van der Waals surface area (Å²) in [6.07, 6.45) is -1.37. The minimum absolute atomic E-state index is 0.123. The Balaban J connectivity index is 1.70. The molecule has 0 aliphatic carbocycles. The highest BCUT2D eigenvalue weighted by Gasteiger charge is 2.25. The quantitative estimate of drug-likeness (QED) is 0.508. The van der Waals surface area contributed by atoms with E-state index in [1.165, 1.54) is 13.8 Å². The Labute approximate surface area is 163 Å². The van der Waals surface area contributed by atoms with Crippen molar-refractivity contribution in [1.29, 1.82) is 0 Å². The van der Waals surface area contributed by atoms with Gasteiger partial charge in [0.05, 0.1) is 5.69 Å². The van der Waals surface area contributed by atoms with E-state index < -0.39 is 41.1 Å². The van der Waals surface area contributed by atoms with Gasteiger partial charge in [-0.25, -0.2) is 22.9 Å². The molecule has 150 valence electrons. The first-order valence-electron chi connectivity index (χ1n) is 8.46. The van der Waals surface area contributed by atoms with E-state index >= 15 is 0 Å². The third-order valence-corrected chi connectivity index (χ3v) is 3.96. The van der Waals surface area contributed by atoms with Crippen molar-refractivity contribution in [3.8, 4) is 11.5 Å². The maximum atomic E-state index is 13.7. The van der Waals surface area contributed by atoms with E-state index in [0.717, 1.165) is 6.07 Å². The first kappa shape index (κ1) is 20.1. The zero-order chi connectivity index (χ0) is 21.1. The smallest absolute Gasteiger partial charge is 0.361 e. The lowest BCUT2D eigenvalue weighted by molar-refractivity contribution is -0.123. The summed E-state index contributed by atoms with van der Waals surface area (Å²) in [7, 11) is 0. The molecule has 0 saturated heterocycles. The number of benzene rings is 2. The fraction of sp³-hybridized carbons (Fsp3) is 0.150. The molecule has 9 heteroatoms. The lowest BCUT2D eigenvalue weighted by Crippen LogP contribution is -2.30. The van der Waals surface area contributed by atoms with Gasteiger partial charge in [0.15, 0.2) is 29.2 Å². The van der Waals surface area contributed by atoms with Crippen molar-refractivity contribution in [2.75, 3.05) is 5.32 Å². The monoisotopic (exact) mass is 404 g/mol. The van der Waals surface area contributed by atoms with Crippen molar-refractivity contribution < 1.29 is 31.9 Å². The lowest BCUT2D eigenvalue weighted by atomic mass is 10.2. The van der Waals surface area contributed by atoms with E-state index in [-0.39, 0.29) is 17.3 Å². The minimum Gasteiger partial charge on any atom is -0.448 e. The highest BCUT2D eigenvalue weighted by Crippen LogP contribution is 2.23. The molecule has 1 aromatic heterocycles. The van der Waals surface area contributed by atoms with Crippen molar-refractivity contribution in [2.24, 2.45) is 0 Å². The van der Waals surface area contributed by atoms with Crippen LogP contribution in [0.2, 0.25) is 0 Å². The van der Waals surface area contributed by atoms with Gasteiger partial charge in [0.2, 0.25) is 5.89 Å². The van der Waals surface area contributed by atoms with Gasteiger partial charge in [-0.2, -0.15) is 0 Å². The zero-order valence-electron chi connectivity index (χ0n) is 15.3. The number of hydrogen-bond acceptors (Lipinski definition) is 5. The number of halogens is 3. The summed E-state index contributed by atoms with van der Waals surface area (Å²) in [5.74, 6) is -6.15. The number of nitrogens with zero attached hydrogens (tertiary/aromatic N) is 1. The standard InChI is InChI=1S/C20H15F3N2O4/c1-10-17(25-19(28-10)12-6-4-3-5-7-12)20(27)29-11(2)18(26)24-14-9-8-13(21)15(22)16(14)23/h3-9,11H,1-2H3,(H,24,26). The van der Waals surface area contributed by atoms with Gasteiger partial charge in [0.25, 0.3) is 5.91 Å². The highest BCUT2D eigenvalue weighted by atomic mass is 19.2. The number of esters is 1. The predicted molar refractivity (Wildman–Crippen MR) is 96.5 cm³/mol. The molecule has 0 aliphatic rings. The number of carbonyl (C=O) groups is 2. The van der Waals surface area contributed by atoms with E-state index in [0.29, 0.717) is 11.6 Å². The maximum absolute atomic E-state index is 13.7. The molecular formula is C20H15F3N2O4. The van der Waals surface area contributed by atoms with Crippen LogP contribution in [0.25, 0.3) is 11.5 Å². The second-order valence-electron chi connectivity index (χ2n) is 6.05. The Hall–Kier alpha value is -3.62. The summed E-state index contributed by atoms with van der Waals surface area (Å²) in [4.78, 5) is 28.5. The number of hydrogen-bond donors (Lipinski definition) is 1. The number of nitrogens with one attached hydrogen (secondary N) is 1. The average molecular weight is 404 g/mol. The number of oxazole rings is 1. The molecule has 1 atom stereocenters. The van der Waals surface area contributed by atoms with Gasteiger partial charge in [-0.1, -0.05) is 18.2 Å². The molecule has 0 fully saturated rings. The number of anilines is 1. The van der Waals surface area contributed by atoms with Gasteiger partial charge in [-0.3, -0.25) is 4.79 Å². The number of aromatic nitrogens is 1. The normalized spacial score (nSPS) is 11.8. The molecule has 1 N–H and O–H groups in total. The number of carbonyl (C=O) groups excluding carboxylic acids is 2. The summed E-state index contributed by atoms with van der Waals surface area (Å²) in [6.45, 7) is 2.75. The third kappa shape index (κ3) is 4.29. The van der Waals surface area contributed by atoms with E-state index in [1.807, 2.05) is 11.4 Å². The van der Waals surface area contributed by atoms with Crippen LogP contribution >= 0.6 is 0 Å². The average Bonchev–Trinajstić information content (AvgIpc) is 3.10. The molecule has 0 radical (unpaired) electrons. The Bertz CT molecular complexity index is 1070. The summed E-state index contributed by atoms with van der Waals surface area (Å²) in [5, 5.41) is 2.04. The number of aryl methyl sites for hydroxylation is 1. The molecule has 0 spiro atoms. The van der Waals surface area contributed by atoms with Crippen molar-refractivity contribution in [3.63, 3.8) is 0 Å². The molecular weight excluding hydrogens is 389 g/mol. The molecule has 29 heavy (non-hydrogen) atoms. The maximum Gasteiger partial charge on any atom is 0.361 e. The van der Waals surface area contributed by atoms with Crippen LogP contribution < -0.4 is 5.32 Å². The summed E-state index contributed by atoms with van der Waals surface area (Å²) in [6, 6.07) is 10.4. The Morgan fingerprint density at radius 2 is 1.76 bits per heavy atom. The first-order chi connectivity index (χ1) is 13.8. The molecule has 1 amide bonds. The Morgan fingerprint density at radius 1 is 1.07 bits per heavy atom. The van der Waals surface area contributed by atoms with E-state index in [9.17, 15) is 22.8 Å². The number of rotatable bonds is 5. The molecule has 2 aromatic carbocycles. The van der Waals surface area contributed by atoms with Crippen LogP contribution in [0, 0.1) is 24.4 Å². The number of amides is 1. The van der Waals surface area contributed by atoms with Crippen LogP contribution in [-0.4, -0.2) is 23.0 Å². The van der Waals surface area contributed by atoms with Crippen LogP contribution in [0.15, 0.2) is 46.9 Å². The number of ether oxygens (including phenoxy) is 1. The van der Waals surface area contributed by atoms with Crippen LogP contribution in [-0.2, 0) is 9.53 Å². The molecule has 1 heterocycles.